The molecule has 6 nitrogen and oxygen atoms in total. The molecule has 1 amide bonds. The molecule has 3 rings (SSSR count). The molecule has 7 heteroatoms. The monoisotopic (exact) mass is 367 g/mol. The van der Waals surface area contributed by atoms with Crippen LogP contribution in [0.15, 0.2) is 61.2 Å². The van der Waals surface area contributed by atoms with Crippen molar-refractivity contribution in [3.05, 3.63) is 66.7 Å². The lowest BCUT2D eigenvalue weighted by Crippen LogP contribution is -2.12. The maximum atomic E-state index is 12.5. The third kappa shape index (κ3) is 4.07. The molecule has 0 bridgehead atoms. The number of anilines is 1. The Balaban J connectivity index is 1.74. The Hall–Kier alpha value is -3.19. The molecule has 26 heavy (non-hydrogen) atoms. The van der Waals surface area contributed by atoms with Crippen LogP contribution in [0.25, 0.3) is 10.6 Å². The highest BCUT2D eigenvalue weighted by Gasteiger charge is 2.14. The number of ether oxygens (including phenoxy) is 2. The number of carbonyl (C=O) groups is 1. The minimum atomic E-state index is -0.297. The molecule has 1 N–H and O–H groups in total. The SMILES string of the molecule is C=CCOc1ccc(C(=O)Nc2nnc(-c3ccccc3)s2)cc1OC. The molecule has 0 aliphatic heterocycles. The van der Waals surface area contributed by atoms with Gasteiger partial charge in [-0.05, 0) is 18.2 Å². The largest absolute Gasteiger partial charge is 0.493 e. The molecule has 0 saturated carbocycles. The second-order valence-electron chi connectivity index (χ2n) is 5.20. The lowest BCUT2D eigenvalue weighted by Gasteiger charge is -2.10. The number of rotatable bonds is 7. The number of carbonyl (C=O) groups excluding carboxylic acids is 1. The van der Waals surface area contributed by atoms with E-state index in [2.05, 4.69) is 22.1 Å². The minimum Gasteiger partial charge on any atom is -0.493 e. The highest BCUT2D eigenvalue weighted by molar-refractivity contribution is 7.18. The zero-order chi connectivity index (χ0) is 18.4. The number of nitrogens with zero attached hydrogens (tertiary/aromatic N) is 2. The molecule has 0 saturated heterocycles. The van der Waals surface area contributed by atoms with E-state index in [0.717, 1.165) is 10.6 Å². The molecule has 3 aromatic rings. The van der Waals surface area contributed by atoms with E-state index in [1.807, 2.05) is 30.3 Å². The quantitative estimate of drug-likeness (QED) is 0.638. The van der Waals surface area contributed by atoms with E-state index >= 15 is 0 Å². The molecule has 0 aliphatic carbocycles. The first-order chi connectivity index (χ1) is 12.7. The van der Waals surface area contributed by atoms with Crippen molar-refractivity contribution >= 4 is 22.4 Å². The lowest BCUT2D eigenvalue weighted by atomic mass is 10.2. The summed E-state index contributed by atoms with van der Waals surface area (Å²) in [6, 6.07) is 14.6. The van der Waals surface area contributed by atoms with Gasteiger partial charge >= 0.3 is 0 Å². The van der Waals surface area contributed by atoms with Gasteiger partial charge in [-0.15, -0.1) is 10.2 Å². The summed E-state index contributed by atoms with van der Waals surface area (Å²) in [5, 5.41) is 12.1. The highest BCUT2D eigenvalue weighted by atomic mass is 32.1. The van der Waals surface area contributed by atoms with Crippen molar-refractivity contribution in [2.24, 2.45) is 0 Å². The van der Waals surface area contributed by atoms with Crippen molar-refractivity contribution in [3.63, 3.8) is 0 Å². The number of benzene rings is 2. The zero-order valence-corrected chi connectivity index (χ0v) is 15.0. The molecular formula is C19H17N3O3S. The van der Waals surface area contributed by atoms with Gasteiger partial charge in [-0.2, -0.15) is 0 Å². The van der Waals surface area contributed by atoms with Crippen LogP contribution in [0.4, 0.5) is 5.13 Å². The summed E-state index contributed by atoms with van der Waals surface area (Å²) < 4.78 is 10.8. The second-order valence-corrected chi connectivity index (χ2v) is 6.18. The van der Waals surface area contributed by atoms with E-state index in [0.29, 0.717) is 28.8 Å². The lowest BCUT2D eigenvalue weighted by molar-refractivity contribution is 0.102. The fraction of sp³-hybridized carbons (Fsp3) is 0.105. The minimum absolute atomic E-state index is 0.297. The van der Waals surface area contributed by atoms with Crippen LogP contribution in [0.5, 0.6) is 11.5 Å². The summed E-state index contributed by atoms with van der Waals surface area (Å²) in [6.45, 7) is 3.96. The summed E-state index contributed by atoms with van der Waals surface area (Å²) in [7, 11) is 1.52. The van der Waals surface area contributed by atoms with Gasteiger partial charge in [0.25, 0.3) is 5.91 Å². The van der Waals surface area contributed by atoms with Gasteiger partial charge in [0, 0.05) is 11.1 Å². The normalized spacial score (nSPS) is 10.2. The van der Waals surface area contributed by atoms with Crippen LogP contribution in [-0.2, 0) is 0 Å². The van der Waals surface area contributed by atoms with Crippen molar-refractivity contribution in [2.75, 3.05) is 19.0 Å². The van der Waals surface area contributed by atoms with E-state index in [4.69, 9.17) is 9.47 Å². The first kappa shape index (κ1) is 17.6. The van der Waals surface area contributed by atoms with Crippen LogP contribution in [0.1, 0.15) is 10.4 Å². The Morgan fingerprint density at radius 1 is 1.19 bits per heavy atom. The highest BCUT2D eigenvalue weighted by Crippen LogP contribution is 2.29. The van der Waals surface area contributed by atoms with E-state index in [9.17, 15) is 4.79 Å². The summed E-state index contributed by atoms with van der Waals surface area (Å²) >= 11 is 1.31. The molecule has 1 aromatic heterocycles. The van der Waals surface area contributed by atoms with Gasteiger partial charge in [0.05, 0.1) is 7.11 Å². The van der Waals surface area contributed by atoms with Gasteiger partial charge in [0.1, 0.15) is 11.6 Å². The number of hydrogen-bond acceptors (Lipinski definition) is 6. The van der Waals surface area contributed by atoms with Gasteiger partial charge in [-0.3, -0.25) is 10.1 Å². The maximum Gasteiger partial charge on any atom is 0.257 e. The van der Waals surface area contributed by atoms with Crippen LogP contribution >= 0.6 is 11.3 Å². The first-order valence-electron chi connectivity index (χ1n) is 7.83. The molecule has 132 valence electrons. The molecular weight excluding hydrogens is 350 g/mol. The third-order valence-corrected chi connectivity index (χ3v) is 4.34. The van der Waals surface area contributed by atoms with E-state index in [1.54, 1.807) is 24.3 Å². The Morgan fingerprint density at radius 2 is 2.00 bits per heavy atom. The molecule has 0 atom stereocenters. The van der Waals surface area contributed by atoms with Crippen molar-refractivity contribution in [2.45, 2.75) is 0 Å². The van der Waals surface area contributed by atoms with Gasteiger partial charge < -0.3 is 9.47 Å². The predicted molar refractivity (Wildman–Crippen MR) is 102 cm³/mol. The van der Waals surface area contributed by atoms with Crippen LogP contribution in [-0.4, -0.2) is 29.8 Å². The maximum absolute atomic E-state index is 12.5. The van der Waals surface area contributed by atoms with Gasteiger partial charge in [-0.25, -0.2) is 0 Å². The number of methoxy groups -OCH3 is 1. The fourth-order valence-corrected chi connectivity index (χ4v) is 2.96. The van der Waals surface area contributed by atoms with Crippen molar-refractivity contribution in [1.29, 1.82) is 0 Å². The van der Waals surface area contributed by atoms with E-state index < -0.39 is 0 Å². The van der Waals surface area contributed by atoms with Crippen LogP contribution < -0.4 is 14.8 Å². The van der Waals surface area contributed by atoms with Crippen LogP contribution in [0, 0.1) is 0 Å². The Morgan fingerprint density at radius 3 is 2.73 bits per heavy atom. The van der Waals surface area contributed by atoms with Crippen molar-refractivity contribution in [3.8, 4) is 22.1 Å². The van der Waals surface area contributed by atoms with Crippen LogP contribution in [0.2, 0.25) is 0 Å². The van der Waals surface area contributed by atoms with Crippen molar-refractivity contribution < 1.29 is 14.3 Å². The standard InChI is InChI=1S/C19H17N3O3S/c1-3-11-25-15-10-9-14(12-16(15)24-2)17(23)20-19-22-21-18(26-19)13-7-5-4-6-8-13/h3-10,12H,1,11H2,2H3,(H,20,22,23). The third-order valence-electron chi connectivity index (χ3n) is 3.45. The number of nitrogens with one attached hydrogen (secondary N) is 1. The predicted octanol–water partition coefficient (Wildman–Crippen LogP) is 4.03. The molecule has 0 unspecified atom stereocenters. The van der Waals surface area contributed by atoms with E-state index in [1.165, 1.54) is 18.4 Å². The molecule has 0 spiro atoms. The molecule has 0 fully saturated rings. The van der Waals surface area contributed by atoms with Gasteiger partial charge in [0.2, 0.25) is 5.13 Å². The molecule has 0 aliphatic rings. The average Bonchev–Trinajstić information content (AvgIpc) is 3.15. The summed E-state index contributed by atoms with van der Waals surface area (Å²) in [6.07, 6.45) is 1.64. The Bertz CT molecular complexity index is 909. The molecule has 0 radical (unpaired) electrons. The van der Waals surface area contributed by atoms with Crippen molar-refractivity contribution in [1.82, 2.24) is 10.2 Å². The Labute approximate surface area is 155 Å². The molecule has 1 heterocycles. The average molecular weight is 367 g/mol. The first-order valence-corrected chi connectivity index (χ1v) is 8.65. The summed E-state index contributed by atoms with van der Waals surface area (Å²) in [5.41, 5.74) is 1.39. The fourth-order valence-electron chi connectivity index (χ4n) is 2.22. The zero-order valence-electron chi connectivity index (χ0n) is 14.1. The van der Waals surface area contributed by atoms with Gasteiger partial charge in [-0.1, -0.05) is 54.3 Å². The Kier molecular flexibility index (Phi) is 5.60. The number of aromatic nitrogens is 2. The van der Waals surface area contributed by atoms with Crippen LogP contribution in [0.3, 0.4) is 0 Å². The van der Waals surface area contributed by atoms with Gasteiger partial charge in [0.15, 0.2) is 11.5 Å². The van der Waals surface area contributed by atoms with E-state index in [-0.39, 0.29) is 5.91 Å². The summed E-state index contributed by atoms with van der Waals surface area (Å²) in [5.74, 6) is 0.724. The summed E-state index contributed by atoms with van der Waals surface area (Å²) in [4.78, 5) is 12.5. The topological polar surface area (TPSA) is 73.3 Å². The second kappa shape index (κ2) is 8.26. The number of amides is 1. The smallest absolute Gasteiger partial charge is 0.257 e. The molecule has 2 aromatic carbocycles. The number of hydrogen-bond donors (Lipinski definition) is 1.